The summed E-state index contributed by atoms with van der Waals surface area (Å²) in [7, 11) is 0. The van der Waals surface area contributed by atoms with Crippen molar-refractivity contribution < 1.29 is 19.1 Å². The second kappa shape index (κ2) is 5.56. The number of nitrogens with one attached hydrogen (secondary N) is 1. The second-order valence-electron chi connectivity index (χ2n) is 4.16. The minimum absolute atomic E-state index is 0.437. The van der Waals surface area contributed by atoms with Crippen LogP contribution < -0.4 is 5.32 Å². The van der Waals surface area contributed by atoms with Crippen LogP contribution in [0.1, 0.15) is 19.4 Å². The number of para-hydroxylation sites is 1. The maximum Gasteiger partial charge on any atom is 0.414 e. The molecule has 1 aromatic carbocycles. The van der Waals surface area contributed by atoms with Gasteiger partial charge in [0.25, 0.3) is 6.29 Å². The normalized spacial score (nSPS) is 17.7. The highest BCUT2D eigenvalue weighted by Crippen LogP contribution is 2.18. The third kappa shape index (κ3) is 3.13. The zero-order valence-electron chi connectivity index (χ0n) is 10.8. The monoisotopic (exact) mass is 261 g/mol. The molecule has 19 heavy (non-hydrogen) atoms. The average molecular weight is 261 g/mol. The number of ether oxygens (including phenoxy) is 2. The Bertz CT molecular complexity index is 536. The van der Waals surface area contributed by atoms with Crippen LogP contribution in [0.15, 0.2) is 35.9 Å². The van der Waals surface area contributed by atoms with Crippen LogP contribution in [0.5, 0.6) is 0 Å². The summed E-state index contributed by atoms with van der Waals surface area (Å²) in [5.41, 5.74) is 2.14. The minimum atomic E-state index is -0.943. The van der Waals surface area contributed by atoms with Gasteiger partial charge in [-0.3, -0.25) is 5.32 Å². The highest BCUT2D eigenvalue weighted by molar-refractivity contribution is 5.91. The molecule has 2 rings (SSSR count). The number of rotatable bonds is 3. The first-order valence-corrected chi connectivity index (χ1v) is 6.05. The number of anilines is 1. The van der Waals surface area contributed by atoms with Crippen molar-refractivity contribution in [2.24, 2.45) is 0 Å². The number of cyclic esters (lactones) is 1. The molecule has 1 N–H and O–H groups in total. The Kier molecular flexibility index (Phi) is 3.85. The number of carbonyl (C=O) groups excluding carboxylic acids is 2. The lowest BCUT2D eigenvalue weighted by molar-refractivity contribution is -0.150. The zero-order chi connectivity index (χ0) is 13.8. The molecule has 1 heterocycles. The van der Waals surface area contributed by atoms with Crippen LogP contribution in [0, 0.1) is 0 Å². The molecule has 0 saturated heterocycles. The first-order chi connectivity index (χ1) is 9.10. The summed E-state index contributed by atoms with van der Waals surface area (Å²) in [4.78, 5) is 22.8. The van der Waals surface area contributed by atoms with Crippen molar-refractivity contribution in [3.05, 3.63) is 41.5 Å². The lowest BCUT2D eigenvalue weighted by Crippen LogP contribution is -2.22. The van der Waals surface area contributed by atoms with Gasteiger partial charge in [-0.25, -0.2) is 9.59 Å². The van der Waals surface area contributed by atoms with Crippen LogP contribution in [0.25, 0.3) is 0 Å². The molecule has 1 aliphatic rings. The number of amides is 1. The molecular weight excluding hydrogens is 246 g/mol. The van der Waals surface area contributed by atoms with E-state index in [0.29, 0.717) is 11.3 Å². The van der Waals surface area contributed by atoms with Crippen LogP contribution in [-0.4, -0.2) is 18.4 Å². The molecule has 1 amide bonds. The summed E-state index contributed by atoms with van der Waals surface area (Å²) in [6, 6.07) is 7.45. The van der Waals surface area contributed by atoms with E-state index in [1.807, 2.05) is 25.1 Å². The molecule has 0 aliphatic carbocycles. The molecule has 0 bridgehead atoms. The molecule has 5 nitrogen and oxygen atoms in total. The molecule has 1 aliphatic heterocycles. The van der Waals surface area contributed by atoms with Crippen molar-refractivity contribution in [1.82, 2.24) is 0 Å². The average Bonchev–Trinajstić information content (AvgIpc) is 2.68. The first-order valence-electron chi connectivity index (χ1n) is 6.05. The Labute approximate surface area is 111 Å². The van der Waals surface area contributed by atoms with Gasteiger partial charge in [-0.15, -0.1) is 0 Å². The number of esters is 1. The fourth-order valence-electron chi connectivity index (χ4n) is 1.76. The van der Waals surface area contributed by atoms with E-state index in [0.717, 1.165) is 12.0 Å². The highest BCUT2D eigenvalue weighted by atomic mass is 16.7. The minimum Gasteiger partial charge on any atom is -0.418 e. The molecule has 5 heteroatoms. The Morgan fingerprint density at radius 2 is 2.16 bits per heavy atom. The smallest absolute Gasteiger partial charge is 0.414 e. The maximum absolute atomic E-state index is 11.7. The highest BCUT2D eigenvalue weighted by Gasteiger charge is 2.25. The summed E-state index contributed by atoms with van der Waals surface area (Å²) in [5.74, 6) is -0.466. The predicted molar refractivity (Wildman–Crippen MR) is 69.6 cm³/mol. The summed E-state index contributed by atoms with van der Waals surface area (Å²) in [6.45, 7) is 3.60. The van der Waals surface area contributed by atoms with Gasteiger partial charge in [0.05, 0.1) is 0 Å². The molecule has 1 unspecified atom stereocenters. The van der Waals surface area contributed by atoms with Gasteiger partial charge in [0.2, 0.25) is 0 Å². The number of aryl methyl sites for hydroxylation is 1. The van der Waals surface area contributed by atoms with Gasteiger partial charge in [-0.2, -0.15) is 0 Å². The van der Waals surface area contributed by atoms with Gasteiger partial charge >= 0.3 is 12.1 Å². The Morgan fingerprint density at radius 1 is 1.42 bits per heavy atom. The molecule has 100 valence electrons. The van der Waals surface area contributed by atoms with Crippen molar-refractivity contribution in [3.8, 4) is 0 Å². The lowest BCUT2D eigenvalue weighted by Gasteiger charge is -2.12. The Balaban J connectivity index is 1.97. The van der Waals surface area contributed by atoms with E-state index in [-0.39, 0.29) is 0 Å². The van der Waals surface area contributed by atoms with Crippen LogP contribution in [0.4, 0.5) is 10.5 Å². The van der Waals surface area contributed by atoms with Gasteiger partial charge in [-0.05, 0) is 25.0 Å². The van der Waals surface area contributed by atoms with E-state index in [4.69, 9.17) is 9.47 Å². The van der Waals surface area contributed by atoms with E-state index >= 15 is 0 Å². The Hall–Kier alpha value is -2.30. The van der Waals surface area contributed by atoms with Crippen molar-refractivity contribution in [2.75, 3.05) is 5.32 Å². The molecule has 1 atom stereocenters. The van der Waals surface area contributed by atoms with E-state index < -0.39 is 18.4 Å². The third-order valence-corrected chi connectivity index (χ3v) is 2.79. The molecule has 0 spiro atoms. The topological polar surface area (TPSA) is 64.6 Å². The fourth-order valence-corrected chi connectivity index (χ4v) is 1.76. The number of hydrogen-bond acceptors (Lipinski definition) is 4. The van der Waals surface area contributed by atoms with Crippen LogP contribution in [-0.2, 0) is 20.7 Å². The zero-order valence-corrected chi connectivity index (χ0v) is 10.8. The van der Waals surface area contributed by atoms with Crippen molar-refractivity contribution in [2.45, 2.75) is 26.6 Å². The van der Waals surface area contributed by atoms with Crippen LogP contribution >= 0.6 is 0 Å². The van der Waals surface area contributed by atoms with E-state index in [1.165, 1.54) is 6.08 Å². The number of carbonyl (C=O) groups is 2. The van der Waals surface area contributed by atoms with Crippen LogP contribution in [0.3, 0.4) is 0 Å². The summed E-state index contributed by atoms with van der Waals surface area (Å²) in [5, 5.41) is 2.64. The summed E-state index contributed by atoms with van der Waals surface area (Å²) in [6.07, 6.45) is 0.674. The van der Waals surface area contributed by atoms with Gasteiger partial charge in [0.15, 0.2) is 0 Å². The quantitative estimate of drug-likeness (QED) is 0.849. The summed E-state index contributed by atoms with van der Waals surface area (Å²) < 4.78 is 9.81. The molecular formula is C14H15NO4. The number of benzene rings is 1. The van der Waals surface area contributed by atoms with E-state index in [9.17, 15) is 9.59 Å². The third-order valence-electron chi connectivity index (χ3n) is 2.79. The van der Waals surface area contributed by atoms with E-state index in [1.54, 1.807) is 13.0 Å². The molecule has 1 aromatic rings. The second-order valence-corrected chi connectivity index (χ2v) is 4.16. The fraction of sp³-hybridized carbons (Fsp3) is 0.286. The van der Waals surface area contributed by atoms with Crippen molar-refractivity contribution in [1.29, 1.82) is 0 Å². The molecule has 0 aromatic heterocycles. The molecule has 0 radical (unpaired) electrons. The number of hydrogen-bond donors (Lipinski definition) is 1. The SMILES string of the molecule is CCc1ccccc1NC(=O)OC1C=C(C)C(=O)O1. The van der Waals surface area contributed by atoms with Crippen molar-refractivity contribution >= 4 is 17.7 Å². The van der Waals surface area contributed by atoms with Gasteiger partial charge in [0.1, 0.15) is 0 Å². The van der Waals surface area contributed by atoms with Gasteiger partial charge in [0, 0.05) is 17.3 Å². The van der Waals surface area contributed by atoms with Gasteiger partial charge < -0.3 is 9.47 Å². The molecule has 0 fully saturated rings. The predicted octanol–water partition coefficient (Wildman–Crippen LogP) is 2.63. The first kappa shape index (κ1) is 13.1. The van der Waals surface area contributed by atoms with Crippen molar-refractivity contribution in [3.63, 3.8) is 0 Å². The maximum atomic E-state index is 11.7. The van der Waals surface area contributed by atoms with Crippen LogP contribution in [0.2, 0.25) is 0 Å². The standard InChI is InChI=1S/C14H15NO4/c1-3-10-6-4-5-7-11(10)15-14(17)19-12-8-9(2)13(16)18-12/h4-8,12H,3H2,1-2H3,(H,15,17). The summed E-state index contributed by atoms with van der Waals surface area (Å²) >= 11 is 0. The Morgan fingerprint density at radius 3 is 2.79 bits per heavy atom. The van der Waals surface area contributed by atoms with E-state index in [2.05, 4.69) is 5.32 Å². The molecule has 0 saturated carbocycles. The lowest BCUT2D eigenvalue weighted by atomic mass is 10.1. The van der Waals surface area contributed by atoms with Gasteiger partial charge in [-0.1, -0.05) is 25.1 Å². The largest absolute Gasteiger partial charge is 0.418 e.